The van der Waals surface area contributed by atoms with Crippen molar-refractivity contribution in [2.45, 2.75) is 45.8 Å². The van der Waals surface area contributed by atoms with E-state index >= 15 is 0 Å². The van der Waals surface area contributed by atoms with Crippen LogP contribution in [0.2, 0.25) is 0 Å². The molecular formula is C17H24N4O2. The Balaban J connectivity index is 2.41. The summed E-state index contributed by atoms with van der Waals surface area (Å²) in [6.45, 7) is 8.02. The molecule has 5 N–H and O–H groups in total. The van der Waals surface area contributed by atoms with Crippen molar-refractivity contribution in [3.05, 3.63) is 46.6 Å². The maximum absolute atomic E-state index is 11.5. The molecule has 23 heavy (non-hydrogen) atoms. The van der Waals surface area contributed by atoms with Crippen LogP contribution < -0.4 is 11.5 Å². The molecule has 0 fully saturated rings. The number of anilines is 1. The summed E-state index contributed by atoms with van der Waals surface area (Å²) in [4.78, 5) is 11.5. The number of rotatable bonds is 4. The van der Waals surface area contributed by atoms with E-state index in [4.69, 9.17) is 11.5 Å². The molecule has 0 saturated carbocycles. The van der Waals surface area contributed by atoms with Crippen LogP contribution in [0.5, 0.6) is 0 Å². The van der Waals surface area contributed by atoms with E-state index in [1.807, 2.05) is 19.1 Å². The van der Waals surface area contributed by atoms with Crippen LogP contribution >= 0.6 is 0 Å². The van der Waals surface area contributed by atoms with Crippen LogP contribution in [0.15, 0.2) is 24.3 Å². The molecule has 1 atom stereocenters. The Kier molecular flexibility index (Phi) is 4.47. The second-order valence-corrected chi connectivity index (χ2v) is 6.72. The molecule has 0 aliphatic carbocycles. The molecule has 1 aromatic heterocycles. The number of benzene rings is 1. The summed E-state index contributed by atoms with van der Waals surface area (Å²) in [6, 6.07) is 8.02. The normalized spacial score (nSPS) is 13.1. The third kappa shape index (κ3) is 3.22. The van der Waals surface area contributed by atoms with Crippen molar-refractivity contribution in [1.82, 2.24) is 9.78 Å². The van der Waals surface area contributed by atoms with Gasteiger partial charge in [0.2, 0.25) is 0 Å². The number of carbonyl (C=O) groups excluding carboxylic acids is 1. The first-order chi connectivity index (χ1) is 10.7. The Labute approximate surface area is 136 Å². The number of primary amides is 1. The molecule has 2 aromatic rings. The molecule has 0 saturated heterocycles. The number of hydrogen-bond acceptors (Lipinski definition) is 4. The third-order valence-electron chi connectivity index (χ3n) is 4.04. The van der Waals surface area contributed by atoms with E-state index in [1.165, 1.54) is 10.2 Å². The largest absolute Gasteiger partial charge is 0.390 e. The highest BCUT2D eigenvalue weighted by atomic mass is 16.3. The minimum atomic E-state index is -0.687. The highest BCUT2D eigenvalue weighted by Crippen LogP contribution is 2.28. The predicted octanol–water partition coefficient (Wildman–Crippen LogP) is 1.96. The molecule has 1 amide bonds. The molecule has 0 radical (unpaired) electrons. The average molecular weight is 316 g/mol. The van der Waals surface area contributed by atoms with E-state index < -0.39 is 5.91 Å². The summed E-state index contributed by atoms with van der Waals surface area (Å²) < 4.78 is 1.53. The molecule has 124 valence electrons. The van der Waals surface area contributed by atoms with Gasteiger partial charge in [-0.3, -0.25) is 4.79 Å². The zero-order valence-corrected chi connectivity index (χ0v) is 14.0. The van der Waals surface area contributed by atoms with E-state index in [-0.39, 0.29) is 35.1 Å². The van der Waals surface area contributed by atoms with Crippen LogP contribution in [0.4, 0.5) is 5.82 Å². The minimum absolute atomic E-state index is 0.0791. The van der Waals surface area contributed by atoms with Crippen molar-refractivity contribution in [1.29, 1.82) is 0 Å². The summed E-state index contributed by atoms with van der Waals surface area (Å²) in [5.41, 5.74) is 13.9. The SMILES string of the molecule is CC(c1ccc(C(C)(C)C)cc1)n1nc(CO)c(C(N)=O)c1N. The van der Waals surface area contributed by atoms with Crippen LogP contribution in [0.3, 0.4) is 0 Å². The fourth-order valence-corrected chi connectivity index (χ4v) is 2.57. The van der Waals surface area contributed by atoms with E-state index in [0.29, 0.717) is 0 Å². The van der Waals surface area contributed by atoms with Gasteiger partial charge in [0.1, 0.15) is 17.1 Å². The summed E-state index contributed by atoms with van der Waals surface area (Å²) in [6.07, 6.45) is 0. The maximum atomic E-state index is 11.5. The van der Waals surface area contributed by atoms with Gasteiger partial charge in [0.05, 0.1) is 12.6 Å². The fourth-order valence-electron chi connectivity index (χ4n) is 2.57. The minimum Gasteiger partial charge on any atom is -0.390 e. The molecule has 6 nitrogen and oxygen atoms in total. The van der Waals surface area contributed by atoms with Crippen molar-refractivity contribution in [3.8, 4) is 0 Å². The lowest BCUT2D eigenvalue weighted by molar-refractivity contribution is 0.0998. The smallest absolute Gasteiger partial charge is 0.254 e. The highest BCUT2D eigenvalue weighted by Gasteiger charge is 2.23. The molecule has 1 heterocycles. The first-order valence-electron chi connectivity index (χ1n) is 7.54. The Morgan fingerprint density at radius 3 is 2.26 bits per heavy atom. The van der Waals surface area contributed by atoms with Gasteiger partial charge in [0.15, 0.2) is 0 Å². The summed E-state index contributed by atoms with van der Waals surface area (Å²) in [5, 5.41) is 13.6. The van der Waals surface area contributed by atoms with Gasteiger partial charge in [0.25, 0.3) is 5.91 Å². The zero-order valence-electron chi connectivity index (χ0n) is 14.0. The number of carbonyl (C=O) groups is 1. The van der Waals surface area contributed by atoms with Crippen LogP contribution in [-0.2, 0) is 12.0 Å². The summed E-state index contributed by atoms with van der Waals surface area (Å²) in [5.74, 6) is -0.512. The molecule has 6 heteroatoms. The third-order valence-corrected chi connectivity index (χ3v) is 4.04. The van der Waals surface area contributed by atoms with Gasteiger partial charge >= 0.3 is 0 Å². The Bertz CT molecular complexity index is 711. The first-order valence-corrected chi connectivity index (χ1v) is 7.54. The van der Waals surface area contributed by atoms with Gasteiger partial charge in [-0.15, -0.1) is 0 Å². The van der Waals surface area contributed by atoms with Gasteiger partial charge in [-0.1, -0.05) is 45.0 Å². The van der Waals surface area contributed by atoms with E-state index in [9.17, 15) is 9.90 Å². The lowest BCUT2D eigenvalue weighted by Gasteiger charge is -2.21. The summed E-state index contributed by atoms with van der Waals surface area (Å²) >= 11 is 0. The Hall–Kier alpha value is -2.34. The standard InChI is InChI=1S/C17H24N4O2/c1-10(11-5-7-12(8-6-11)17(2,3)4)21-15(18)14(16(19)23)13(9-22)20-21/h5-8,10,22H,9,18H2,1-4H3,(H2,19,23). The number of nitrogens with two attached hydrogens (primary N) is 2. The van der Waals surface area contributed by atoms with Crippen molar-refractivity contribution in [3.63, 3.8) is 0 Å². The van der Waals surface area contributed by atoms with Crippen molar-refractivity contribution < 1.29 is 9.90 Å². The fraction of sp³-hybridized carbons (Fsp3) is 0.412. The van der Waals surface area contributed by atoms with Crippen LogP contribution in [0, 0.1) is 0 Å². The van der Waals surface area contributed by atoms with Gasteiger partial charge in [-0.05, 0) is 23.5 Å². The zero-order chi connectivity index (χ0) is 17.4. The molecule has 1 unspecified atom stereocenters. The molecule has 0 spiro atoms. The Morgan fingerprint density at radius 2 is 1.87 bits per heavy atom. The van der Waals surface area contributed by atoms with Crippen molar-refractivity contribution in [2.24, 2.45) is 5.73 Å². The van der Waals surface area contributed by atoms with Crippen LogP contribution in [-0.4, -0.2) is 20.8 Å². The van der Waals surface area contributed by atoms with Gasteiger partial charge < -0.3 is 16.6 Å². The molecule has 0 bridgehead atoms. The predicted molar refractivity (Wildman–Crippen MR) is 90.0 cm³/mol. The molecule has 0 aliphatic rings. The highest BCUT2D eigenvalue weighted by molar-refractivity contribution is 5.98. The number of aromatic nitrogens is 2. The number of nitrogen functional groups attached to an aromatic ring is 1. The van der Waals surface area contributed by atoms with Crippen LogP contribution in [0.25, 0.3) is 0 Å². The summed E-state index contributed by atoms with van der Waals surface area (Å²) in [7, 11) is 0. The second-order valence-electron chi connectivity index (χ2n) is 6.72. The average Bonchev–Trinajstić information content (AvgIpc) is 2.82. The lowest BCUT2D eigenvalue weighted by Crippen LogP contribution is -2.16. The topological polar surface area (TPSA) is 107 Å². The number of nitrogens with zero attached hydrogens (tertiary/aromatic N) is 2. The van der Waals surface area contributed by atoms with E-state index in [0.717, 1.165) is 5.56 Å². The van der Waals surface area contributed by atoms with Gasteiger partial charge in [0, 0.05) is 0 Å². The van der Waals surface area contributed by atoms with Crippen molar-refractivity contribution in [2.75, 3.05) is 5.73 Å². The number of amides is 1. The molecule has 1 aromatic carbocycles. The molecular weight excluding hydrogens is 292 g/mol. The van der Waals surface area contributed by atoms with E-state index in [2.05, 4.69) is 38.0 Å². The number of hydrogen-bond donors (Lipinski definition) is 3. The lowest BCUT2D eigenvalue weighted by atomic mass is 9.86. The molecule has 2 rings (SSSR count). The number of aliphatic hydroxyl groups is 1. The second kappa shape index (κ2) is 6.04. The first kappa shape index (κ1) is 17.0. The monoisotopic (exact) mass is 316 g/mol. The van der Waals surface area contributed by atoms with E-state index in [1.54, 1.807) is 0 Å². The number of aliphatic hydroxyl groups excluding tert-OH is 1. The van der Waals surface area contributed by atoms with Gasteiger partial charge in [-0.2, -0.15) is 5.10 Å². The quantitative estimate of drug-likeness (QED) is 0.801. The Morgan fingerprint density at radius 1 is 1.30 bits per heavy atom. The van der Waals surface area contributed by atoms with Crippen LogP contribution in [0.1, 0.15) is 60.9 Å². The molecule has 0 aliphatic heterocycles. The van der Waals surface area contributed by atoms with Gasteiger partial charge in [-0.25, -0.2) is 4.68 Å². The van der Waals surface area contributed by atoms with Crippen molar-refractivity contribution >= 4 is 11.7 Å². The maximum Gasteiger partial charge on any atom is 0.254 e.